The second-order valence-electron chi connectivity index (χ2n) is 4.07. The predicted molar refractivity (Wildman–Crippen MR) is 74.7 cm³/mol. The molecule has 0 aromatic carbocycles. The molecule has 0 aliphatic carbocycles. The van der Waals surface area contributed by atoms with Crippen molar-refractivity contribution in [3.63, 3.8) is 0 Å². The van der Waals surface area contributed by atoms with Crippen molar-refractivity contribution >= 4 is 11.9 Å². The molecule has 1 aromatic rings. The summed E-state index contributed by atoms with van der Waals surface area (Å²) in [5.41, 5.74) is 0. The van der Waals surface area contributed by atoms with Crippen LogP contribution in [-0.2, 0) is 4.74 Å². The molecule has 19 heavy (non-hydrogen) atoms. The molecule has 7 nitrogen and oxygen atoms in total. The molecule has 0 amide bonds. The Bertz CT molecular complexity index is 375. The van der Waals surface area contributed by atoms with Crippen LogP contribution in [0, 0.1) is 0 Å². The minimum Gasteiger partial charge on any atom is -0.463 e. The number of nitrogens with one attached hydrogen (secondary N) is 2. The Morgan fingerprint density at radius 2 is 1.79 bits per heavy atom. The molecule has 0 aliphatic heterocycles. The molecule has 7 heteroatoms. The van der Waals surface area contributed by atoms with Crippen LogP contribution in [0.3, 0.4) is 0 Å². The second-order valence-corrected chi connectivity index (χ2v) is 4.07. The minimum absolute atomic E-state index is 0.0827. The van der Waals surface area contributed by atoms with Gasteiger partial charge < -0.3 is 20.1 Å². The lowest BCUT2D eigenvalue weighted by molar-refractivity contribution is 0.128. The molecule has 2 N–H and O–H groups in total. The number of hydrogen-bond donors (Lipinski definition) is 2. The summed E-state index contributed by atoms with van der Waals surface area (Å²) >= 11 is 0. The van der Waals surface area contributed by atoms with E-state index in [4.69, 9.17) is 9.47 Å². The van der Waals surface area contributed by atoms with E-state index in [1.807, 2.05) is 20.8 Å². The fourth-order valence-corrected chi connectivity index (χ4v) is 1.25. The first-order valence-electron chi connectivity index (χ1n) is 6.59. The summed E-state index contributed by atoms with van der Waals surface area (Å²) in [4.78, 5) is 12.6. The van der Waals surface area contributed by atoms with Gasteiger partial charge in [0.05, 0.1) is 12.7 Å². The van der Waals surface area contributed by atoms with Crippen LogP contribution in [0.25, 0.3) is 0 Å². The molecule has 0 saturated carbocycles. The highest BCUT2D eigenvalue weighted by molar-refractivity contribution is 5.35. The SMILES string of the molecule is CCCOc1nc(NCC)nc(NCC(C)OC)n1. The molecule has 0 spiro atoms. The Morgan fingerprint density at radius 3 is 2.37 bits per heavy atom. The third-order valence-corrected chi connectivity index (χ3v) is 2.34. The summed E-state index contributed by atoms with van der Waals surface area (Å²) in [5.74, 6) is 0.997. The molecule has 0 aliphatic rings. The van der Waals surface area contributed by atoms with Gasteiger partial charge in [0.15, 0.2) is 0 Å². The van der Waals surface area contributed by atoms with Gasteiger partial charge in [-0.2, -0.15) is 15.0 Å². The van der Waals surface area contributed by atoms with Crippen molar-refractivity contribution < 1.29 is 9.47 Å². The van der Waals surface area contributed by atoms with E-state index in [0.717, 1.165) is 13.0 Å². The highest BCUT2D eigenvalue weighted by atomic mass is 16.5. The molecular formula is C12H23N5O2. The van der Waals surface area contributed by atoms with Crippen LogP contribution < -0.4 is 15.4 Å². The van der Waals surface area contributed by atoms with E-state index in [1.54, 1.807) is 7.11 Å². The van der Waals surface area contributed by atoms with E-state index < -0.39 is 0 Å². The molecule has 1 unspecified atom stereocenters. The Hall–Kier alpha value is -1.63. The zero-order chi connectivity index (χ0) is 14.1. The highest BCUT2D eigenvalue weighted by Crippen LogP contribution is 2.11. The van der Waals surface area contributed by atoms with Crippen molar-refractivity contribution in [2.24, 2.45) is 0 Å². The number of rotatable bonds is 9. The molecule has 108 valence electrons. The van der Waals surface area contributed by atoms with Gasteiger partial charge in [-0.3, -0.25) is 0 Å². The molecule has 1 atom stereocenters. The van der Waals surface area contributed by atoms with Crippen LogP contribution in [0.15, 0.2) is 0 Å². The number of nitrogens with zero attached hydrogens (tertiary/aromatic N) is 3. The van der Waals surface area contributed by atoms with Crippen molar-refractivity contribution in [2.75, 3.05) is 37.4 Å². The van der Waals surface area contributed by atoms with Crippen molar-refractivity contribution in [1.82, 2.24) is 15.0 Å². The maximum atomic E-state index is 5.44. The second kappa shape index (κ2) is 8.47. The Morgan fingerprint density at radius 1 is 1.11 bits per heavy atom. The molecular weight excluding hydrogens is 246 g/mol. The third kappa shape index (κ3) is 5.69. The lowest BCUT2D eigenvalue weighted by Gasteiger charge is -2.12. The first kappa shape index (κ1) is 15.4. The van der Waals surface area contributed by atoms with Gasteiger partial charge in [0.2, 0.25) is 11.9 Å². The van der Waals surface area contributed by atoms with E-state index in [-0.39, 0.29) is 6.10 Å². The molecule has 1 aromatic heterocycles. The van der Waals surface area contributed by atoms with Crippen LogP contribution in [0.2, 0.25) is 0 Å². The predicted octanol–water partition coefficient (Wildman–Crippen LogP) is 1.54. The lowest BCUT2D eigenvalue weighted by atomic mass is 10.4. The fraction of sp³-hybridized carbons (Fsp3) is 0.750. The van der Waals surface area contributed by atoms with Gasteiger partial charge in [0.1, 0.15) is 0 Å². The smallest absolute Gasteiger partial charge is 0.323 e. The van der Waals surface area contributed by atoms with E-state index in [0.29, 0.717) is 31.1 Å². The molecule has 1 heterocycles. The van der Waals surface area contributed by atoms with Crippen LogP contribution >= 0.6 is 0 Å². The number of methoxy groups -OCH3 is 1. The first-order valence-corrected chi connectivity index (χ1v) is 6.59. The maximum absolute atomic E-state index is 5.44. The van der Waals surface area contributed by atoms with Crippen LogP contribution in [0.1, 0.15) is 27.2 Å². The quantitative estimate of drug-likeness (QED) is 0.703. The van der Waals surface area contributed by atoms with Gasteiger partial charge >= 0.3 is 6.01 Å². The summed E-state index contributed by atoms with van der Waals surface area (Å²) < 4.78 is 10.6. The zero-order valence-corrected chi connectivity index (χ0v) is 12.1. The van der Waals surface area contributed by atoms with Crippen LogP contribution in [0.5, 0.6) is 6.01 Å². The van der Waals surface area contributed by atoms with E-state index >= 15 is 0 Å². The van der Waals surface area contributed by atoms with Gasteiger partial charge in [-0.25, -0.2) is 0 Å². The summed E-state index contributed by atoms with van der Waals surface area (Å²) in [5, 5.41) is 6.16. The first-order chi connectivity index (χ1) is 9.19. The fourth-order valence-electron chi connectivity index (χ4n) is 1.25. The van der Waals surface area contributed by atoms with Gasteiger partial charge in [-0.05, 0) is 20.3 Å². The van der Waals surface area contributed by atoms with Crippen LogP contribution in [0.4, 0.5) is 11.9 Å². The van der Waals surface area contributed by atoms with Crippen molar-refractivity contribution in [1.29, 1.82) is 0 Å². The zero-order valence-electron chi connectivity index (χ0n) is 12.1. The average molecular weight is 269 g/mol. The van der Waals surface area contributed by atoms with Crippen LogP contribution in [-0.4, -0.2) is 47.9 Å². The van der Waals surface area contributed by atoms with Crippen molar-refractivity contribution in [3.05, 3.63) is 0 Å². The minimum atomic E-state index is 0.0827. The highest BCUT2D eigenvalue weighted by Gasteiger charge is 2.08. The summed E-state index contributed by atoms with van der Waals surface area (Å²) in [6.07, 6.45) is 0.991. The largest absolute Gasteiger partial charge is 0.463 e. The standard InChI is InChI=1S/C12H23N5O2/c1-5-7-19-12-16-10(13-6-2)15-11(17-12)14-8-9(3)18-4/h9H,5-8H2,1-4H3,(H2,13,14,15,16,17). The Labute approximate surface area is 114 Å². The number of aromatic nitrogens is 3. The van der Waals surface area contributed by atoms with Crippen molar-refractivity contribution in [3.8, 4) is 6.01 Å². The third-order valence-electron chi connectivity index (χ3n) is 2.34. The topological polar surface area (TPSA) is 81.2 Å². The van der Waals surface area contributed by atoms with E-state index in [9.17, 15) is 0 Å². The molecule has 0 saturated heterocycles. The van der Waals surface area contributed by atoms with Gasteiger partial charge in [-0.15, -0.1) is 0 Å². The molecule has 0 fully saturated rings. The van der Waals surface area contributed by atoms with E-state index in [1.165, 1.54) is 0 Å². The molecule has 0 radical (unpaired) electrons. The monoisotopic (exact) mass is 269 g/mol. The molecule has 1 rings (SSSR count). The molecule has 0 bridgehead atoms. The summed E-state index contributed by atoms with van der Waals surface area (Å²) in [6.45, 7) is 7.93. The summed E-state index contributed by atoms with van der Waals surface area (Å²) in [6, 6.07) is 0.334. The normalized spacial score (nSPS) is 12.0. The number of ether oxygens (including phenoxy) is 2. The number of anilines is 2. The maximum Gasteiger partial charge on any atom is 0.323 e. The average Bonchev–Trinajstić information content (AvgIpc) is 2.42. The lowest BCUT2D eigenvalue weighted by Crippen LogP contribution is -2.20. The Balaban J connectivity index is 2.73. The van der Waals surface area contributed by atoms with Crippen molar-refractivity contribution in [2.45, 2.75) is 33.3 Å². The van der Waals surface area contributed by atoms with Gasteiger partial charge in [-0.1, -0.05) is 6.92 Å². The number of hydrogen-bond acceptors (Lipinski definition) is 7. The van der Waals surface area contributed by atoms with Gasteiger partial charge in [0.25, 0.3) is 0 Å². The van der Waals surface area contributed by atoms with Gasteiger partial charge in [0, 0.05) is 20.2 Å². The van der Waals surface area contributed by atoms with E-state index in [2.05, 4.69) is 25.6 Å². The summed E-state index contributed by atoms with van der Waals surface area (Å²) in [7, 11) is 1.67. The Kier molecular flexibility index (Phi) is 6.88.